The van der Waals surface area contributed by atoms with Gasteiger partial charge in [-0.2, -0.15) is 18.4 Å². The molecule has 0 aliphatic carbocycles. The molecule has 3 rings (SSSR count). The summed E-state index contributed by atoms with van der Waals surface area (Å²) >= 11 is 0.804. The van der Waals surface area contributed by atoms with Gasteiger partial charge >= 0.3 is 12.2 Å². The van der Waals surface area contributed by atoms with E-state index >= 15 is 0 Å². The monoisotopic (exact) mass is 675 g/mol. The zero-order valence-corrected chi connectivity index (χ0v) is 26.5. The molecule has 1 heterocycles. The minimum Gasteiger partial charge on any atom is -0.493 e. The van der Waals surface area contributed by atoms with Gasteiger partial charge in [0.15, 0.2) is 17.5 Å². The van der Waals surface area contributed by atoms with Gasteiger partial charge in [-0.3, -0.25) is 19.5 Å². The van der Waals surface area contributed by atoms with Crippen molar-refractivity contribution in [2.45, 2.75) is 44.7 Å². The number of benzene rings is 2. The lowest BCUT2D eigenvalue weighted by molar-refractivity contribution is -0.138. The van der Waals surface area contributed by atoms with Crippen molar-refractivity contribution in [3.05, 3.63) is 58.0 Å². The van der Waals surface area contributed by atoms with Gasteiger partial charge in [-0.25, -0.2) is 4.79 Å². The molecule has 0 saturated carbocycles. The molecule has 252 valence electrons. The maximum absolute atomic E-state index is 13.6. The van der Waals surface area contributed by atoms with Gasteiger partial charge in [0.25, 0.3) is 11.1 Å². The molecule has 2 aromatic carbocycles. The highest BCUT2D eigenvalue weighted by atomic mass is 32.2. The number of nitrogens with zero attached hydrogens (tertiary/aromatic N) is 3. The van der Waals surface area contributed by atoms with Crippen molar-refractivity contribution < 1.29 is 37.0 Å². The number of nitrogens with one attached hydrogen (secondary N) is 2. The molecule has 12 nitrogen and oxygen atoms in total. The molecule has 0 bridgehead atoms. The van der Waals surface area contributed by atoms with Gasteiger partial charge in [-0.15, -0.1) is 0 Å². The van der Waals surface area contributed by atoms with Crippen LogP contribution >= 0.6 is 11.8 Å². The molecule has 1 fully saturated rings. The number of unbranched alkanes of at least 4 members (excludes halogenated alkanes) is 4. The predicted molar refractivity (Wildman–Crippen MR) is 172 cm³/mol. The highest BCUT2D eigenvalue weighted by molar-refractivity contribution is 8.18. The summed E-state index contributed by atoms with van der Waals surface area (Å²) in [6.45, 7) is 1.69. The molecule has 16 heteroatoms. The van der Waals surface area contributed by atoms with E-state index in [2.05, 4.69) is 15.6 Å². The number of amides is 4. The minimum atomic E-state index is -4.76. The molecular weight excluding hydrogens is 639 g/mol. The van der Waals surface area contributed by atoms with Crippen LogP contribution in [0.15, 0.2) is 46.3 Å². The Morgan fingerprint density at radius 1 is 1.00 bits per heavy atom. The first-order chi connectivity index (χ1) is 22.4. The van der Waals surface area contributed by atoms with E-state index < -0.39 is 23.4 Å². The first kappa shape index (κ1) is 36.6. The molecule has 2 aromatic rings. The van der Waals surface area contributed by atoms with Gasteiger partial charge in [0, 0.05) is 26.2 Å². The van der Waals surface area contributed by atoms with E-state index in [0.717, 1.165) is 43.5 Å². The normalized spacial score (nSPS) is 13.8. The van der Waals surface area contributed by atoms with Gasteiger partial charge < -0.3 is 31.6 Å². The Morgan fingerprint density at radius 3 is 2.36 bits per heavy atom. The first-order valence-electron chi connectivity index (χ1n) is 14.7. The molecule has 1 saturated heterocycles. The molecule has 4 amide bonds. The van der Waals surface area contributed by atoms with E-state index in [1.54, 1.807) is 6.07 Å². The van der Waals surface area contributed by atoms with Crippen molar-refractivity contribution in [2.75, 3.05) is 33.3 Å². The molecular formula is C31H36F3N7O5S. The van der Waals surface area contributed by atoms with Gasteiger partial charge in [-0.1, -0.05) is 25.3 Å². The summed E-state index contributed by atoms with van der Waals surface area (Å²) in [6, 6.07) is 8.80. The first-order valence-corrected chi connectivity index (χ1v) is 15.5. The number of methoxy groups -OCH3 is 1. The Hall–Kier alpha value is -4.91. The lowest BCUT2D eigenvalue weighted by Gasteiger charge is -2.16. The number of thioether (sulfide) groups is 1. The van der Waals surface area contributed by atoms with Crippen molar-refractivity contribution >= 4 is 41.0 Å². The summed E-state index contributed by atoms with van der Waals surface area (Å²) < 4.78 is 51.6. The summed E-state index contributed by atoms with van der Waals surface area (Å²) in [5.74, 6) is -0.827. The van der Waals surface area contributed by atoms with E-state index in [1.807, 2.05) is 0 Å². The number of alkyl halides is 3. The molecule has 0 unspecified atom stereocenters. The van der Waals surface area contributed by atoms with E-state index in [4.69, 9.17) is 26.2 Å². The smallest absolute Gasteiger partial charge is 0.420 e. The lowest BCUT2D eigenvalue weighted by atomic mass is 10.1. The molecule has 1 aliphatic rings. The number of nitriles is 1. The van der Waals surface area contributed by atoms with Crippen LogP contribution in [0.1, 0.15) is 55.2 Å². The van der Waals surface area contributed by atoms with Crippen molar-refractivity contribution in [3.63, 3.8) is 0 Å². The fourth-order valence-electron chi connectivity index (χ4n) is 4.41. The van der Waals surface area contributed by atoms with Crippen LogP contribution in [0.5, 0.6) is 17.2 Å². The number of hydrogen-bond acceptors (Lipinski definition) is 8. The highest BCUT2D eigenvalue weighted by Gasteiger charge is 2.36. The van der Waals surface area contributed by atoms with Crippen LogP contribution in [0.4, 0.5) is 22.8 Å². The van der Waals surface area contributed by atoms with Crippen molar-refractivity contribution in [3.8, 4) is 23.3 Å². The number of guanidine groups is 1. The summed E-state index contributed by atoms with van der Waals surface area (Å²) in [5.41, 5.74) is 9.68. The van der Waals surface area contributed by atoms with E-state index in [9.17, 15) is 27.6 Å². The molecule has 0 atom stereocenters. The van der Waals surface area contributed by atoms with Gasteiger partial charge in [-0.05, 0) is 73.0 Å². The molecule has 0 radical (unpaired) electrons. The van der Waals surface area contributed by atoms with Crippen LogP contribution in [-0.4, -0.2) is 61.3 Å². The zero-order valence-electron chi connectivity index (χ0n) is 25.7. The second kappa shape index (κ2) is 17.7. The van der Waals surface area contributed by atoms with E-state index in [0.29, 0.717) is 44.1 Å². The number of ether oxygens (including phenoxy) is 2. The van der Waals surface area contributed by atoms with Crippen molar-refractivity contribution in [2.24, 2.45) is 16.5 Å². The number of carbonyl (C=O) groups is 3. The molecule has 6 N–H and O–H groups in total. The molecule has 0 aromatic heterocycles. The number of hydrogen-bond donors (Lipinski definition) is 4. The molecule has 1 aliphatic heterocycles. The lowest BCUT2D eigenvalue weighted by Crippen LogP contribution is -2.36. The summed E-state index contributed by atoms with van der Waals surface area (Å²) in [7, 11) is 1.32. The van der Waals surface area contributed by atoms with E-state index in [1.165, 1.54) is 42.4 Å². The number of aliphatic imine (C=N–C) groups is 1. The fourth-order valence-corrected chi connectivity index (χ4v) is 5.27. The minimum absolute atomic E-state index is 0.0111. The number of rotatable bonds is 16. The largest absolute Gasteiger partial charge is 0.493 e. The van der Waals surface area contributed by atoms with Crippen LogP contribution in [0.25, 0.3) is 6.08 Å². The number of halogens is 3. The van der Waals surface area contributed by atoms with Crippen LogP contribution in [0.3, 0.4) is 0 Å². The van der Waals surface area contributed by atoms with Crippen LogP contribution in [-0.2, 0) is 11.0 Å². The summed E-state index contributed by atoms with van der Waals surface area (Å²) in [6.07, 6.45) is 1.33. The third kappa shape index (κ3) is 11.4. The van der Waals surface area contributed by atoms with E-state index in [-0.39, 0.29) is 45.7 Å². The number of urea groups is 1. The quantitative estimate of drug-likeness (QED) is 0.0790. The standard InChI is InChI=1S/C31H36F3N7O5S/c1-45-25-17-20(8-11-24(25)46-23-10-9-21(19-35)16-22(23)31(32,33)34)18-26-27(42)41(30(44)47-26)15-6-4-2-3-5-12-39-29(43)40-14-7-13-38-28(36)37/h8-11,16-18H,2-7,12-15H2,1H3,(H4,36,37,38)(H2,39,40,43)/b26-18-. The maximum atomic E-state index is 13.6. The van der Waals surface area contributed by atoms with Crippen LogP contribution in [0.2, 0.25) is 0 Å². The summed E-state index contributed by atoms with van der Waals surface area (Å²) in [5, 5.41) is 14.1. The third-order valence-electron chi connectivity index (χ3n) is 6.75. The maximum Gasteiger partial charge on any atom is 0.420 e. The Morgan fingerprint density at radius 2 is 1.68 bits per heavy atom. The predicted octanol–water partition coefficient (Wildman–Crippen LogP) is 5.33. The second-order valence-electron chi connectivity index (χ2n) is 10.3. The summed E-state index contributed by atoms with van der Waals surface area (Å²) in [4.78, 5) is 42.5. The van der Waals surface area contributed by atoms with Crippen LogP contribution in [0, 0.1) is 11.3 Å². The average Bonchev–Trinajstić information content (AvgIpc) is 3.29. The Bertz CT molecular complexity index is 1540. The topological polar surface area (TPSA) is 185 Å². The average molecular weight is 676 g/mol. The number of nitrogens with two attached hydrogens (primary N) is 2. The van der Waals surface area contributed by atoms with Crippen molar-refractivity contribution in [1.29, 1.82) is 5.26 Å². The fraction of sp³-hybridized carbons (Fsp3) is 0.387. The van der Waals surface area contributed by atoms with Crippen LogP contribution < -0.4 is 31.6 Å². The van der Waals surface area contributed by atoms with Gasteiger partial charge in [0.05, 0.1) is 29.2 Å². The zero-order chi connectivity index (χ0) is 34.4. The molecule has 0 spiro atoms. The third-order valence-corrected chi connectivity index (χ3v) is 7.66. The number of imide groups is 1. The van der Waals surface area contributed by atoms with Gasteiger partial charge in [0.2, 0.25) is 0 Å². The SMILES string of the molecule is COc1cc(/C=C2\SC(=O)N(CCCCCCCNC(=O)NCCCN=C(N)N)C2=O)ccc1Oc1ccc(C#N)cc1C(F)(F)F. The Labute approximate surface area is 274 Å². The Balaban J connectivity index is 1.46. The second-order valence-corrected chi connectivity index (χ2v) is 11.3. The highest BCUT2D eigenvalue weighted by Crippen LogP contribution is 2.41. The van der Waals surface area contributed by atoms with Crippen molar-refractivity contribution in [1.82, 2.24) is 15.5 Å². The Kier molecular flexibility index (Phi) is 13.8. The molecule has 47 heavy (non-hydrogen) atoms. The van der Waals surface area contributed by atoms with Gasteiger partial charge in [0.1, 0.15) is 5.75 Å². The number of carbonyl (C=O) groups excluding carboxylic acids is 3.